The van der Waals surface area contributed by atoms with Crippen molar-refractivity contribution in [2.45, 2.75) is 29.3 Å². The van der Waals surface area contributed by atoms with E-state index in [9.17, 15) is 4.79 Å². The van der Waals surface area contributed by atoms with Crippen molar-refractivity contribution in [2.24, 2.45) is 11.7 Å². The third-order valence-corrected chi connectivity index (χ3v) is 7.19. The van der Waals surface area contributed by atoms with Crippen LogP contribution in [0.25, 0.3) is 0 Å². The molecule has 0 unspecified atom stereocenters. The molecule has 2 heterocycles. The second-order valence-electron chi connectivity index (χ2n) is 8.86. The van der Waals surface area contributed by atoms with E-state index in [1.54, 1.807) is 24.3 Å². The van der Waals surface area contributed by atoms with E-state index < -0.39 is 0 Å². The minimum Gasteiger partial charge on any atom is -0.402 e. The molecular formula is C27H27ClN6OS. The Bertz CT molecular complexity index is 1320. The van der Waals surface area contributed by atoms with Crippen molar-refractivity contribution in [1.82, 2.24) is 9.97 Å². The first kappa shape index (κ1) is 24.2. The molecule has 9 heteroatoms. The molecule has 0 atom stereocenters. The summed E-state index contributed by atoms with van der Waals surface area (Å²) in [5.41, 5.74) is 8.83. The summed E-state index contributed by atoms with van der Waals surface area (Å²) in [6, 6.07) is 16.5. The lowest BCUT2D eigenvalue weighted by atomic mass is 10.2. The number of rotatable bonds is 9. The number of nitrogens with zero attached hydrogens (tertiary/aromatic N) is 3. The van der Waals surface area contributed by atoms with E-state index in [0.29, 0.717) is 38.9 Å². The fourth-order valence-electron chi connectivity index (χ4n) is 3.72. The molecule has 7 nitrogen and oxygen atoms in total. The van der Waals surface area contributed by atoms with Gasteiger partial charge in [-0.05, 0) is 79.4 Å². The van der Waals surface area contributed by atoms with E-state index in [1.165, 1.54) is 11.8 Å². The third-order valence-electron chi connectivity index (χ3n) is 5.99. The van der Waals surface area contributed by atoms with Crippen LogP contribution in [0.2, 0.25) is 5.02 Å². The second-order valence-corrected chi connectivity index (χ2v) is 10.3. The quantitative estimate of drug-likeness (QED) is 0.239. The Morgan fingerprint density at radius 1 is 1.11 bits per heavy atom. The van der Waals surface area contributed by atoms with Crippen LogP contribution in [0.1, 0.15) is 29.6 Å². The molecule has 36 heavy (non-hydrogen) atoms. The second kappa shape index (κ2) is 10.6. The molecule has 3 aromatic rings. The number of allylic oxidation sites excluding steroid dienone is 2. The molecule has 1 aromatic heterocycles. The summed E-state index contributed by atoms with van der Waals surface area (Å²) in [5.74, 6) is 1.80. The van der Waals surface area contributed by atoms with Gasteiger partial charge < -0.3 is 21.3 Å². The summed E-state index contributed by atoms with van der Waals surface area (Å²) in [6.45, 7) is 6.06. The number of nitrogens with two attached hydrogens (primary N) is 1. The summed E-state index contributed by atoms with van der Waals surface area (Å²) in [4.78, 5) is 25.2. The number of hydrogen-bond donors (Lipinski definition) is 3. The molecule has 1 saturated heterocycles. The van der Waals surface area contributed by atoms with Crippen molar-refractivity contribution < 1.29 is 4.79 Å². The average molecular weight is 519 g/mol. The molecule has 2 aromatic carbocycles. The fourth-order valence-corrected chi connectivity index (χ4v) is 4.71. The first-order chi connectivity index (χ1) is 17.4. The topological polar surface area (TPSA) is 96.2 Å². The zero-order chi connectivity index (χ0) is 25.1. The van der Waals surface area contributed by atoms with Gasteiger partial charge in [-0.15, -0.1) is 0 Å². The number of hydrogen-bond acceptors (Lipinski definition) is 7. The third kappa shape index (κ3) is 6.01. The maximum atomic E-state index is 12.5. The number of halogens is 1. The van der Waals surface area contributed by atoms with Crippen molar-refractivity contribution in [3.05, 3.63) is 89.2 Å². The molecule has 0 bridgehead atoms. The van der Waals surface area contributed by atoms with Crippen molar-refractivity contribution in [2.75, 3.05) is 28.6 Å². The molecule has 1 aliphatic carbocycles. The molecule has 184 valence electrons. The minimum absolute atomic E-state index is 0.251. The van der Waals surface area contributed by atoms with Crippen LogP contribution in [0.3, 0.4) is 0 Å². The molecule has 1 saturated carbocycles. The Morgan fingerprint density at radius 2 is 1.86 bits per heavy atom. The van der Waals surface area contributed by atoms with Gasteiger partial charge in [-0.2, -0.15) is 0 Å². The highest BCUT2D eigenvalue weighted by Gasteiger charge is 2.24. The van der Waals surface area contributed by atoms with Crippen LogP contribution in [0.5, 0.6) is 0 Å². The van der Waals surface area contributed by atoms with Gasteiger partial charge in [0.2, 0.25) is 0 Å². The molecular weight excluding hydrogens is 492 g/mol. The molecule has 1 amide bonds. The van der Waals surface area contributed by atoms with Gasteiger partial charge in [0.25, 0.3) is 5.91 Å². The lowest BCUT2D eigenvalue weighted by molar-refractivity contribution is 0.102. The number of aromatic nitrogens is 2. The zero-order valence-electron chi connectivity index (χ0n) is 19.7. The molecule has 0 radical (unpaired) electrons. The van der Waals surface area contributed by atoms with Crippen LogP contribution in [-0.2, 0) is 0 Å². The summed E-state index contributed by atoms with van der Waals surface area (Å²) >= 11 is 7.59. The highest BCUT2D eigenvalue weighted by molar-refractivity contribution is 7.99. The lowest BCUT2D eigenvalue weighted by Gasteiger charge is -2.32. The SMILES string of the molecule is C=C(/C=C(\N)C1CC1)Nc1cc(N2CCC2)nc(Sc2ccc(NC(=O)c3ccccc3Cl)cc2)n1. The van der Waals surface area contributed by atoms with E-state index in [1.807, 2.05) is 36.4 Å². The number of benzene rings is 2. The van der Waals surface area contributed by atoms with Gasteiger partial charge in [0, 0.05) is 41.1 Å². The maximum Gasteiger partial charge on any atom is 0.257 e. The van der Waals surface area contributed by atoms with Crippen molar-refractivity contribution in [1.29, 1.82) is 0 Å². The van der Waals surface area contributed by atoms with Crippen LogP contribution in [0.15, 0.2) is 88.7 Å². The van der Waals surface area contributed by atoms with Gasteiger partial charge in [0.1, 0.15) is 11.6 Å². The molecule has 0 spiro atoms. The van der Waals surface area contributed by atoms with E-state index in [0.717, 1.165) is 48.8 Å². The number of amides is 1. The Labute approximate surface area is 219 Å². The standard InChI is InChI=1S/C27H27ClN6OS/c1-17(15-23(29)18-7-8-18)30-24-16-25(34-13-4-14-34)33-27(32-24)36-20-11-9-19(10-12-20)31-26(35)21-5-2-3-6-22(21)28/h2-3,5-6,9-12,15-16,18H,1,4,7-8,13-14,29H2,(H,31,35)(H,30,32,33)/b23-15-. The first-order valence-corrected chi connectivity index (χ1v) is 13.0. The zero-order valence-corrected chi connectivity index (χ0v) is 21.3. The van der Waals surface area contributed by atoms with Gasteiger partial charge in [-0.3, -0.25) is 4.79 Å². The lowest BCUT2D eigenvalue weighted by Crippen LogP contribution is -2.37. The van der Waals surface area contributed by atoms with Crippen LogP contribution >= 0.6 is 23.4 Å². The predicted molar refractivity (Wildman–Crippen MR) is 147 cm³/mol. The van der Waals surface area contributed by atoms with E-state index in [-0.39, 0.29) is 5.91 Å². The summed E-state index contributed by atoms with van der Waals surface area (Å²) in [7, 11) is 0. The van der Waals surface area contributed by atoms with Gasteiger partial charge in [-0.25, -0.2) is 9.97 Å². The largest absolute Gasteiger partial charge is 0.402 e. The Balaban J connectivity index is 1.29. The van der Waals surface area contributed by atoms with Gasteiger partial charge in [-0.1, -0.05) is 30.3 Å². The smallest absolute Gasteiger partial charge is 0.257 e. The van der Waals surface area contributed by atoms with Crippen molar-refractivity contribution in [3.63, 3.8) is 0 Å². The first-order valence-electron chi connectivity index (χ1n) is 11.9. The number of carbonyl (C=O) groups is 1. The Hall–Kier alpha value is -3.49. The van der Waals surface area contributed by atoms with Crippen LogP contribution in [-0.4, -0.2) is 29.0 Å². The molecule has 5 rings (SSSR count). The Morgan fingerprint density at radius 3 is 2.53 bits per heavy atom. The summed E-state index contributed by atoms with van der Waals surface area (Å²) in [6.07, 6.45) is 5.34. The van der Waals surface area contributed by atoms with E-state index >= 15 is 0 Å². The maximum absolute atomic E-state index is 12.5. The molecule has 2 fully saturated rings. The fraction of sp³-hybridized carbons (Fsp3) is 0.222. The van der Waals surface area contributed by atoms with Gasteiger partial charge in [0.05, 0.1) is 10.6 Å². The van der Waals surface area contributed by atoms with E-state index in [4.69, 9.17) is 27.3 Å². The highest BCUT2D eigenvalue weighted by Crippen LogP contribution is 2.34. The number of nitrogens with one attached hydrogen (secondary N) is 2. The van der Waals surface area contributed by atoms with Crippen molar-refractivity contribution in [3.8, 4) is 0 Å². The molecule has 4 N–H and O–H groups in total. The average Bonchev–Trinajstić information content (AvgIpc) is 3.65. The monoisotopic (exact) mass is 518 g/mol. The summed E-state index contributed by atoms with van der Waals surface area (Å²) < 4.78 is 0. The van der Waals surface area contributed by atoms with Gasteiger partial charge >= 0.3 is 0 Å². The normalized spacial score (nSPS) is 15.2. The number of carbonyl (C=O) groups excluding carboxylic acids is 1. The van der Waals surface area contributed by atoms with Crippen LogP contribution in [0, 0.1) is 5.92 Å². The van der Waals surface area contributed by atoms with Crippen LogP contribution in [0.4, 0.5) is 17.3 Å². The molecule has 1 aliphatic heterocycles. The predicted octanol–water partition coefficient (Wildman–Crippen LogP) is 5.92. The minimum atomic E-state index is -0.251. The highest BCUT2D eigenvalue weighted by atomic mass is 35.5. The number of anilines is 3. The van der Waals surface area contributed by atoms with Crippen molar-refractivity contribution >= 4 is 46.6 Å². The molecule has 2 aliphatic rings. The van der Waals surface area contributed by atoms with Crippen LogP contribution < -0.4 is 21.3 Å². The van der Waals surface area contributed by atoms with E-state index in [2.05, 4.69) is 22.1 Å². The Kier molecular flexibility index (Phi) is 7.16. The van der Waals surface area contributed by atoms with Gasteiger partial charge in [0.15, 0.2) is 5.16 Å². The summed E-state index contributed by atoms with van der Waals surface area (Å²) in [5, 5.41) is 7.20.